The molecule has 0 unspecified atom stereocenters. The molecule has 2 N–H and O–H groups in total. The van der Waals surface area contributed by atoms with E-state index in [0.717, 1.165) is 27.4 Å². The van der Waals surface area contributed by atoms with E-state index in [0.29, 0.717) is 10.8 Å². The van der Waals surface area contributed by atoms with Gasteiger partial charge in [-0.15, -0.1) is 11.3 Å². The zero-order valence-electron chi connectivity index (χ0n) is 11.6. The topological polar surface area (TPSA) is 53.1 Å². The van der Waals surface area contributed by atoms with Crippen molar-refractivity contribution in [3.05, 3.63) is 40.7 Å². The molecule has 2 heterocycles. The number of rotatable bonds is 3. The predicted molar refractivity (Wildman–Crippen MR) is 87.9 cm³/mol. The predicted octanol–water partition coefficient (Wildman–Crippen LogP) is 4.06. The molecule has 0 fully saturated rings. The highest BCUT2D eigenvalue weighted by Gasteiger charge is 2.18. The summed E-state index contributed by atoms with van der Waals surface area (Å²) in [6.45, 7) is 0. The zero-order valence-corrected chi connectivity index (χ0v) is 13.2. The molecule has 0 bridgehead atoms. The molecule has 0 saturated heterocycles. The van der Waals surface area contributed by atoms with E-state index in [2.05, 4.69) is 5.10 Å². The Morgan fingerprint density at radius 1 is 1.29 bits per heavy atom. The standard InChI is InChI=1S/C15H14ClN3OS/c1-19-15(17)13(9-3-5-10(16)6-4-9)14(18-19)12-7-11(20-2)8-21-12/h3-8H,17H2,1-2H3. The van der Waals surface area contributed by atoms with E-state index in [1.54, 1.807) is 23.1 Å². The van der Waals surface area contributed by atoms with Gasteiger partial charge in [0.15, 0.2) is 0 Å². The molecule has 4 nitrogen and oxygen atoms in total. The molecule has 0 saturated carbocycles. The van der Waals surface area contributed by atoms with E-state index in [9.17, 15) is 0 Å². The number of benzene rings is 1. The van der Waals surface area contributed by atoms with Crippen LogP contribution in [0.3, 0.4) is 0 Å². The van der Waals surface area contributed by atoms with Gasteiger partial charge in [-0.2, -0.15) is 5.10 Å². The molecule has 0 spiro atoms. The van der Waals surface area contributed by atoms with Crippen LogP contribution in [-0.2, 0) is 7.05 Å². The van der Waals surface area contributed by atoms with Crippen LogP contribution in [0.1, 0.15) is 0 Å². The van der Waals surface area contributed by atoms with Gasteiger partial charge < -0.3 is 10.5 Å². The quantitative estimate of drug-likeness (QED) is 0.792. The summed E-state index contributed by atoms with van der Waals surface area (Å²) in [6.07, 6.45) is 0. The third-order valence-corrected chi connectivity index (χ3v) is 4.44. The van der Waals surface area contributed by atoms with Crippen molar-refractivity contribution in [1.29, 1.82) is 0 Å². The third-order valence-electron chi connectivity index (χ3n) is 3.27. The summed E-state index contributed by atoms with van der Waals surface area (Å²) < 4.78 is 6.93. The summed E-state index contributed by atoms with van der Waals surface area (Å²) >= 11 is 7.54. The first-order valence-corrected chi connectivity index (χ1v) is 7.57. The van der Waals surface area contributed by atoms with Crippen molar-refractivity contribution in [2.75, 3.05) is 12.8 Å². The number of anilines is 1. The molecule has 108 valence electrons. The van der Waals surface area contributed by atoms with E-state index in [-0.39, 0.29) is 0 Å². The van der Waals surface area contributed by atoms with Crippen molar-refractivity contribution < 1.29 is 4.74 Å². The fourth-order valence-electron chi connectivity index (χ4n) is 2.16. The molecule has 0 aliphatic rings. The molecule has 0 aliphatic heterocycles. The van der Waals surface area contributed by atoms with E-state index in [1.807, 2.05) is 42.8 Å². The lowest BCUT2D eigenvalue weighted by Gasteiger charge is -2.03. The molecule has 0 atom stereocenters. The lowest BCUT2D eigenvalue weighted by atomic mass is 10.0. The maximum absolute atomic E-state index is 6.19. The van der Waals surface area contributed by atoms with Crippen molar-refractivity contribution in [3.63, 3.8) is 0 Å². The Bertz CT molecular complexity index is 777. The number of thiophene rings is 1. The molecule has 1 aromatic carbocycles. The van der Waals surface area contributed by atoms with E-state index in [1.165, 1.54) is 0 Å². The monoisotopic (exact) mass is 319 g/mol. The van der Waals surface area contributed by atoms with Crippen molar-refractivity contribution in [2.45, 2.75) is 0 Å². The number of methoxy groups -OCH3 is 1. The minimum absolute atomic E-state index is 0.625. The van der Waals surface area contributed by atoms with Gasteiger partial charge in [-0.05, 0) is 17.7 Å². The average Bonchev–Trinajstić information content (AvgIpc) is 3.06. The summed E-state index contributed by atoms with van der Waals surface area (Å²) in [5.74, 6) is 1.45. The Hall–Kier alpha value is -1.98. The van der Waals surface area contributed by atoms with E-state index >= 15 is 0 Å². The van der Waals surface area contributed by atoms with Crippen LogP contribution >= 0.6 is 22.9 Å². The summed E-state index contributed by atoms with van der Waals surface area (Å²) in [5.41, 5.74) is 8.95. The van der Waals surface area contributed by atoms with E-state index < -0.39 is 0 Å². The van der Waals surface area contributed by atoms with E-state index in [4.69, 9.17) is 22.1 Å². The largest absolute Gasteiger partial charge is 0.496 e. The van der Waals surface area contributed by atoms with Gasteiger partial charge >= 0.3 is 0 Å². The molecule has 6 heteroatoms. The van der Waals surface area contributed by atoms with Crippen LogP contribution < -0.4 is 10.5 Å². The average molecular weight is 320 g/mol. The Morgan fingerprint density at radius 2 is 2.00 bits per heavy atom. The van der Waals surface area contributed by atoms with Crippen LogP contribution in [0.25, 0.3) is 21.7 Å². The Morgan fingerprint density at radius 3 is 2.62 bits per heavy atom. The highest BCUT2D eigenvalue weighted by atomic mass is 35.5. The van der Waals surface area contributed by atoms with Crippen LogP contribution in [-0.4, -0.2) is 16.9 Å². The molecular weight excluding hydrogens is 306 g/mol. The Balaban J connectivity index is 2.17. The second-order valence-corrected chi connectivity index (χ2v) is 5.94. The smallest absolute Gasteiger partial charge is 0.130 e. The van der Waals surface area contributed by atoms with Crippen molar-refractivity contribution in [3.8, 4) is 27.4 Å². The maximum atomic E-state index is 6.19. The Kier molecular flexibility index (Phi) is 3.61. The lowest BCUT2D eigenvalue weighted by molar-refractivity contribution is 0.417. The maximum Gasteiger partial charge on any atom is 0.130 e. The first-order chi connectivity index (χ1) is 10.1. The number of halogens is 1. The van der Waals surface area contributed by atoms with Gasteiger partial charge in [0, 0.05) is 23.5 Å². The van der Waals surface area contributed by atoms with Gasteiger partial charge in [0.1, 0.15) is 17.3 Å². The first kappa shape index (κ1) is 14.0. The van der Waals surface area contributed by atoms with Crippen LogP contribution in [0, 0.1) is 0 Å². The number of hydrogen-bond donors (Lipinski definition) is 1. The van der Waals surface area contributed by atoms with Gasteiger partial charge in [-0.1, -0.05) is 23.7 Å². The third kappa shape index (κ3) is 2.50. The molecule has 21 heavy (non-hydrogen) atoms. The molecular formula is C15H14ClN3OS. The molecule has 3 aromatic rings. The first-order valence-electron chi connectivity index (χ1n) is 6.31. The van der Waals surface area contributed by atoms with Crippen LogP contribution in [0.2, 0.25) is 5.02 Å². The van der Waals surface area contributed by atoms with Gasteiger partial charge in [0.2, 0.25) is 0 Å². The molecule has 0 aliphatic carbocycles. The molecule has 2 aromatic heterocycles. The lowest BCUT2D eigenvalue weighted by Crippen LogP contribution is -1.97. The number of hydrogen-bond acceptors (Lipinski definition) is 4. The summed E-state index contributed by atoms with van der Waals surface area (Å²) in [4.78, 5) is 1.02. The van der Waals surface area contributed by atoms with Crippen LogP contribution in [0.5, 0.6) is 5.75 Å². The van der Waals surface area contributed by atoms with Crippen molar-refractivity contribution in [2.24, 2.45) is 7.05 Å². The van der Waals surface area contributed by atoms with Crippen LogP contribution in [0.4, 0.5) is 5.82 Å². The van der Waals surface area contributed by atoms with Crippen molar-refractivity contribution >= 4 is 28.8 Å². The number of nitrogen functional groups attached to an aromatic ring is 1. The normalized spacial score (nSPS) is 10.8. The second-order valence-electron chi connectivity index (χ2n) is 4.59. The number of nitrogens with zero attached hydrogens (tertiary/aromatic N) is 2. The minimum atomic E-state index is 0.625. The molecule has 3 rings (SSSR count). The van der Waals surface area contributed by atoms with Crippen molar-refractivity contribution in [1.82, 2.24) is 9.78 Å². The van der Waals surface area contributed by atoms with Gasteiger partial charge in [-0.3, -0.25) is 4.68 Å². The van der Waals surface area contributed by atoms with Crippen LogP contribution in [0.15, 0.2) is 35.7 Å². The summed E-state index contributed by atoms with van der Waals surface area (Å²) in [7, 11) is 3.49. The van der Waals surface area contributed by atoms with Gasteiger partial charge in [0.05, 0.1) is 17.6 Å². The highest BCUT2D eigenvalue weighted by molar-refractivity contribution is 7.13. The fourth-order valence-corrected chi connectivity index (χ4v) is 3.13. The SMILES string of the molecule is COc1csc(-c2nn(C)c(N)c2-c2ccc(Cl)cc2)c1. The number of aromatic nitrogens is 2. The van der Waals surface area contributed by atoms with Gasteiger partial charge in [0.25, 0.3) is 0 Å². The number of nitrogens with two attached hydrogens (primary N) is 1. The summed E-state index contributed by atoms with van der Waals surface area (Å²) in [5, 5.41) is 7.19. The number of ether oxygens (including phenoxy) is 1. The highest BCUT2D eigenvalue weighted by Crippen LogP contribution is 2.40. The number of aryl methyl sites for hydroxylation is 1. The zero-order chi connectivity index (χ0) is 15.0. The van der Waals surface area contributed by atoms with Gasteiger partial charge in [-0.25, -0.2) is 0 Å². The minimum Gasteiger partial charge on any atom is -0.496 e. The molecule has 0 radical (unpaired) electrons. The second kappa shape index (κ2) is 5.42. The molecule has 0 amide bonds. The summed E-state index contributed by atoms with van der Waals surface area (Å²) in [6, 6.07) is 9.56. The fraction of sp³-hybridized carbons (Fsp3) is 0.133. The Labute approximate surface area is 131 Å².